The predicted molar refractivity (Wildman–Crippen MR) is 133 cm³/mol. The number of rotatable bonds is 5. The van der Waals surface area contributed by atoms with Gasteiger partial charge in [0.05, 0.1) is 27.2 Å². The van der Waals surface area contributed by atoms with Crippen LogP contribution in [-0.4, -0.2) is 41.9 Å². The Hall–Kier alpha value is -3.12. The van der Waals surface area contributed by atoms with Gasteiger partial charge in [0.15, 0.2) is 0 Å². The van der Waals surface area contributed by atoms with Gasteiger partial charge in [0, 0.05) is 37.2 Å². The lowest BCUT2D eigenvalue weighted by Gasteiger charge is -2.29. The number of hydrogen-bond acceptors (Lipinski definition) is 3. The minimum atomic E-state index is -4.77. The zero-order valence-corrected chi connectivity index (χ0v) is 21.1. The summed E-state index contributed by atoms with van der Waals surface area (Å²) < 4.78 is 53.1. The monoisotopic (exact) mass is 549 g/mol. The van der Waals surface area contributed by atoms with E-state index in [1.807, 2.05) is 17.0 Å². The van der Waals surface area contributed by atoms with Gasteiger partial charge in [0.25, 0.3) is 5.91 Å². The van der Waals surface area contributed by atoms with Gasteiger partial charge in [-0.1, -0.05) is 35.3 Å². The highest BCUT2D eigenvalue weighted by Gasteiger charge is 2.39. The molecule has 192 valence electrons. The first-order valence-electron chi connectivity index (χ1n) is 11.3. The quantitative estimate of drug-likeness (QED) is 0.330. The van der Waals surface area contributed by atoms with Crippen molar-refractivity contribution >= 4 is 29.1 Å². The number of benzene rings is 3. The Bertz CT molecular complexity index is 1360. The number of likely N-dealkylation sites (tertiary alicyclic amines) is 1. The van der Waals surface area contributed by atoms with Gasteiger partial charge in [0.1, 0.15) is 5.82 Å². The molecule has 1 aliphatic heterocycles. The van der Waals surface area contributed by atoms with Gasteiger partial charge in [-0.3, -0.25) is 9.69 Å². The van der Waals surface area contributed by atoms with E-state index in [1.54, 1.807) is 48.3 Å². The Balaban J connectivity index is 1.61. The fourth-order valence-corrected chi connectivity index (χ4v) is 4.94. The van der Waals surface area contributed by atoms with Crippen LogP contribution >= 0.6 is 23.2 Å². The van der Waals surface area contributed by atoms with Crippen LogP contribution in [0.5, 0.6) is 0 Å². The van der Waals surface area contributed by atoms with Crippen LogP contribution in [0.2, 0.25) is 10.0 Å². The number of likely N-dealkylation sites (N-methyl/N-ethyl adjacent to an activating group) is 1. The molecular formula is C27H21Cl2F4N3O. The molecule has 10 heteroatoms. The van der Waals surface area contributed by atoms with Crippen LogP contribution in [0.4, 0.5) is 17.6 Å². The summed E-state index contributed by atoms with van der Waals surface area (Å²) in [5.41, 5.74) is 0.776. The molecule has 3 aromatic carbocycles. The summed E-state index contributed by atoms with van der Waals surface area (Å²) in [7, 11) is 1.78. The number of hydrogen-bond donors (Lipinski definition) is 0. The highest BCUT2D eigenvalue weighted by molar-refractivity contribution is 6.42. The molecule has 0 radical (unpaired) electrons. The normalized spacial score (nSPS) is 17.8. The maximum Gasteiger partial charge on any atom is 0.419 e. The van der Waals surface area contributed by atoms with Crippen LogP contribution in [0, 0.1) is 17.1 Å². The summed E-state index contributed by atoms with van der Waals surface area (Å²) in [5, 5.41) is 9.77. The predicted octanol–water partition coefficient (Wildman–Crippen LogP) is 6.76. The molecule has 3 aromatic rings. The van der Waals surface area contributed by atoms with Gasteiger partial charge in [-0.05, 0) is 66.7 Å². The first-order valence-corrected chi connectivity index (χ1v) is 12.0. The first kappa shape index (κ1) is 26.9. The molecule has 0 unspecified atom stereocenters. The maximum atomic E-state index is 14.2. The van der Waals surface area contributed by atoms with Crippen LogP contribution in [0.3, 0.4) is 0 Å². The largest absolute Gasteiger partial charge is 0.419 e. The molecule has 0 saturated carbocycles. The van der Waals surface area contributed by atoms with Crippen molar-refractivity contribution in [2.75, 3.05) is 20.1 Å². The fraction of sp³-hybridized carbons (Fsp3) is 0.259. The molecule has 4 nitrogen and oxygen atoms in total. The molecule has 0 N–H and O–H groups in total. The van der Waals surface area contributed by atoms with Crippen LogP contribution in [0.15, 0.2) is 60.7 Å². The van der Waals surface area contributed by atoms with Gasteiger partial charge < -0.3 is 4.90 Å². The second-order valence-corrected chi connectivity index (χ2v) is 9.79. The molecule has 2 atom stereocenters. The third-order valence-corrected chi connectivity index (χ3v) is 7.29. The smallest absolute Gasteiger partial charge is 0.336 e. The first-order chi connectivity index (χ1) is 17.5. The summed E-state index contributed by atoms with van der Waals surface area (Å²) in [6, 6.07) is 16.2. The minimum Gasteiger partial charge on any atom is -0.336 e. The average molecular weight is 550 g/mol. The van der Waals surface area contributed by atoms with Gasteiger partial charge >= 0.3 is 6.18 Å². The van der Waals surface area contributed by atoms with Crippen molar-refractivity contribution in [2.45, 2.75) is 24.7 Å². The lowest BCUT2D eigenvalue weighted by Crippen LogP contribution is -2.38. The second-order valence-electron chi connectivity index (χ2n) is 8.97. The average Bonchev–Trinajstić information content (AvgIpc) is 3.30. The van der Waals surface area contributed by atoms with E-state index in [1.165, 1.54) is 6.07 Å². The van der Waals surface area contributed by atoms with E-state index in [-0.39, 0.29) is 24.4 Å². The highest BCUT2D eigenvalue weighted by atomic mass is 35.5. The standard InChI is InChI=1S/C27H21Cl2F4N3O/c1-35(13-17-4-8-21(24(30)10-17)27(31,32)33)25-15-36(26(37)18-5-2-16(12-34)3-6-18)14-20(25)19-7-9-22(28)23(29)11-19/h2-11,20,25H,13-15H2,1H3/t20-,25+/m1/s1. The topological polar surface area (TPSA) is 47.3 Å². The minimum absolute atomic E-state index is 0.163. The van der Waals surface area contributed by atoms with Crippen molar-refractivity contribution in [3.63, 3.8) is 0 Å². The molecule has 4 rings (SSSR count). The van der Waals surface area contributed by atoms with Crippen molar-refractivity contribution in [1.82, 2.24) is 9.80 Å². The molecular weight excluding hydrogens is 529 g/mol. The molecule has 0 aliphatic carbocycles. The molecule has 0 spiro atoms. The zero-order valence-electron chi connectivity index (χ0n) is 19.6. The van der Waals surface area contributed by atoms with E-state index < -0.39 is 17.6 Å². The van der Waals surface area contributed by atoms with E-state index in [2.05, 4.69) is 0 Å². The van der Waals surface area contributed by atoms with Crippen LogP contribution < -0.4 is 0 Å². The third kappa shape index (κ3) is 5.90. The number of nitriles is 1. The van der Waals surface area contributed by atoms with E-state index >= 15 is 0 Å². The zero-order chi connectivity index (χ0) is 26.9. The summed E-state index contributed by atoms with van der Waals surface area (Å²) >= 11 is 12.3. The molecule has 1 saturated heterocycles. The lowest BCUT2D eigenvalue weighted by molar-refractivity contribution is -0.140. The maximum absolute atomic E-state index is 14.2. The molecule has 0 aromatic heterocycles. The molecule has 1 heterocycles. The molecule has 1 aliphatic rings. The van der Waals surface area contributed by atoms with Crippen molar-refractivity contribution in [3.8, 4) is 6.07 Å². The number of halogens is 6. The summed E-state index contributed by atoms with van der Waals surface area (Å²) in [4.78, 5) is 16.8. The van der Waals surface area contributed by atoms with Crippen LogP contribution in [0.25, 0.3) is 0 Å². The Labute approximate surface area is 221 Å². The Morgan fingerprint density at radius 1 is 1.05 bits per heavy atom. The van der Waals surface area contributed by atoms with Gasteiger partial charge in [0.2, 0.25) is 0 Å². The summed E-state index contributed by atoms with van der Waals surface area (Å²) in [6.07, 6.45) is -4.77. The Morgan fingerprint density at radius 3 is 2.35 bits per heavy atom. The van der Waals surface area contributed by atoms with Crippen molar-refractivity contribution < 1.29 is 22.4 Å². The SMILES string of the molecule is CN(Cc1ccc(C(F)(F)F)c(F)c1)[C@H]1CN(C(=O)c2ccc(C#N)cc2)C[C@@H]1c1ccc(Cl)c(Cl)c1. The van der Waals surface area contributed by atoms with Crippen molar-refractivity contribution in [2.24, 2.45) is 0 Å². The Kier molecular flexibility index (Phi) is 7.79. The van der Waals surface area contributed by atoms with Gasteiger partial charge in [-0.2, -0.15) is 18.4 Å². The van der Waals surface area contributed by atoms with Crippen molar-refractivity contribution in [3.05, 3.63) is 104 Å². The number of carbonyl (C=O) groups excluding carboxylic acids is 1. The summed E-state index contributed by atoms with van der Waals surface area (Å²) in [6.45, 7) is 0.840. The molecule has 0 bridgehead atoms. The van der Waals surface area contributed by atoms with E-state index in [4.69, 9.17) is 28.5 Å². The number of carbonyl (C=O) groups is 1. The number of nitrogens with zero attached hydrogens (tertiary/aromatic N) is 3. The molecule has 37 heavy (non-hydrogen) atoms. The van der Waals surface area contributed by atoms with Crippen LogP contribution in [-0.2, 0) is 12.7 Å². The van der Waals surface area contributed by atoms with E-state index in [0.29, 0.717) is 39.8 Å². The molecule has 1 fully saturated rings. The van der Waals surface area contributed by atoms with E-state index in [0.717, 1.165) is 17.7 Å². The fourth-order valence-electron chi connectivity index (χ4n) is 4.63. The lowest BCUT2D eigenvalue weighted by atomic mass is 9.93. The second kappa shape index (κ2) is 10.7. The Morgan fingerprint density at radius 2 is 1.76 bits per heavy atom. The van der Waals surface area contributed by atoms with E-state index in [9.17, 15) is 22.4 Å². The number of alkyl halides is 3. The number of amides is 1. The third-order valence-electron chi connectivity index (χ3n) is 6.55. The summed E-state index contributed by atoms with van der Waals surface area (Å²) in [5.74, 6) is -1.74. The van der Waals surface area contributed by atoms with Gasteiger partial charge in [-0.25, -0.2) is 4.39 Å². The van der Waals surface area contributed by atoms with Crippen molar-refractivity contribution in [1.29, 1.82) is 5.26 Å². The van der Waals surface area contributed by atoms with Gasteiger partial charge in [-0.15, -0.1) is 0 Å². The highest BCUT2D eigenvalue weighted by Crippen LogP contribution is 2.36. The molecule has 1 amide bonds. The van der Waals surface area contributed by atoms with Crippen LogP contribution in [0.1, 0.15) is 38.5 Å².